The van der Waals surface area contributed by atoms with Gasteiger partial charge < -0.3 is 10.2 Å². The van der Waals surface area contributed by atoms with Crippen molar-refractivity contribution in [3.8, 4) is 0 Å². The molecule has 0 aliphatic carbocycles. The van der Waals surface area contributed by atoms with E-state index in [4.69, 9.17) is 23.2 Å². The van der Waals surface area contributed by atoms with Gasteiger partial charge in [0.2, 0.25) is 11.8 Å². The Bertz CT molecular complexity index is 1410. The molecule has 10 heteroatoms. The van der Waals surface area contributed by atoms with Crippen LogP contribution in [0.5, 0.6) is 0 Å². The number of unbranched alkanes of at least 4 members (excludes halogenated alkanes) is 1. The fourth-order valence-electron chi connectivity index (χ4n) is 4.32. The van der Waals surface area contributed by atoms with Gasteiger partial charge in [0, 0.05) is 28.7 Å². The lowest BCUT2D eigenvalue weighted by Gasteiger charge is -2.32. The number of rotatable bonds is 12. The average Bonchev–Trinajstić information content (AvgIpc) is 2.91. The molecule has 0 saturated carbocycles. The number of benzene rings is 3. The number of nitrogens with one attached hydrogen (secondary N) is 1. The van der Waals surface area contributed by atoms with Crippen LogP contribution < -0.4 is 9.62 Å². The fourth-order valence-corrected chi connectivity index (χ4v) is 6.25. The molecule has 0 fully saturated rings. The molecule has 0 saturated heterocycles. The molecule has 3 aromatic carbocycles. The van der Waals surface area contributed by atoms with E-state index in [1.165, 1.54) is 17.0 Å². The molecular formula is C30H35Cl2N3O4S. The minimum absolute atomic E-state index is 0.0491. The second kappa shape index (κ2) is 14.0. The molecule has 0 heterocycles. The normalized spacial score (nSPS) is 12.1. The first-order valence-corrected chi connectivity index (χ1v) is 15.3. The minimum atomic E-state index is -4.14. The Hall–Kier alpha value is -3.07. The van der Waals surface area contributed by atoms with Gasteiger partial charge in [0.05, 0.1) is 10.6 Å². The molecule has 1 unspecified atom stereocenters. The predicted molar refractivity (Wildman–Crippen MR) is 161 cm³/mol. The molecule has 1 atom stereocenters. The molecule has 0 radical (unpaired) electrons. The third kappa shape index (κ3) is 7.77. The molecule has 0 aliphatic rings. The SMILES string of the molecule is CCCCNC(=O)C(C)N(Cc1c(Cl)cccc1Cl)C(=O)CN(c1cc(C)cc(C)c1)S(=O)(=O)c1ccccc1. The van der Waals surface area contributed by atoms with Gasteiger partial charge in [0.15, 0.2) is 0 Å². The van der Waals surface area contributed by atoms with Crippen LogP contribution >= 0.6 is 23.2 Å². The maximum Gasteiger partial charge on any atom is 0.264 e. The number of amides is 2. The predicted octanol–water partition coefficient (Wildman–Crippen LogP) is 6.14. The monoisotopic (exact) mass is 603 g/mol. The summed E-state index contributed by atoms with van der Waals surface area (Å²) in [6.45, 7) is 7.20. The lowest BCUT2D eigenvalue weighted by Crippen LogP contribution is -2.51. The van der Waals surface area contributed by atoms with E-state index >= 15 is 0 Å². The number of sulfonamides is 1. The molecule has 0 aliphatic heterocycles. The highest BCUT2D eigenvalue weighted by Crippen LogP contribution is 2.29. The van der Waals surface area contributed by atoms with E-state index in [1.807, 2.05) is 26.8 Å². The number of halogens is 2. The largest absolute Gasteiger partial charge is 0.354 e. The van der Waals surface area contributed by atoms with Crippen molar-refractivity contribution in [3.63, 3.8) is 0 Å². The van der Waals surface area contributed by atoms with Crippen molar-refractivity contribution < 1.29 is 18.0 Å². The van der Waals surface area contributed by atoms with Crippen molar-refractivity contribution in [2.45, 2.75) is 58.0 Å². The van der Waals surface area contributed by atoms with Crippen LogP contribution in [0.25, 0.3) is 0 Å². The van der Waals surface area contributed by atoms with Gasteiger partial charge in [-0.25, -0.2) is 8.42 Å². The van der Waals surface area contributed by atoms with Gasteiger partial charge in [-0.15, -0.1) is 0 Å². The molecule has 214 valence electrons. The molecule has 2 amide bonds. The summed E-state index contributed by atoms with van der Waals surface area (Å²) in [5, 5.41) is 3.54. The van der Waals surface area contributed by atoms with Crippen molar-refractivity contribution in [2.75, 3.05) is 17.4 Å². The number of aryl methyl sites for hydroxylation is 2. The first-order chi connectivity index (χ1) is 18.9. The van der Waals surface area contributed by atoms with E-state index in [2.05, 4.69) is 5.32 Å². The zero-order valence-electron chi connectivity index (χ0n) is 23.2. The number of hydrogen-bond donors (Lipinski definition) is 1. The van der Waals surface area contributed by atoms with Crippen molar-refractivity contribution >= 4 is 50.7 Å². The van der Waals surface area contributed by atoms with Crippen LogP contribution in [-0.4, -0.2) is 44.3 Å². The molecule has 0 spiro atoms. The lowest BCUT2D eigenvalue weighted by atomic mass is 10.1. The fraction of sp³-hybridized carbons (Fsp3) is 0.333. The zero-order valence-corrected chi connectivity index (χ0v) is 25.5. The van der Waals surface area contributed by atoms with E-state index in [0.29, 0.717) is 27.8 Å². The minimum Gasteiger partial charge on any atom is -0.354 e. The van der Waals surface area contributed by atoms with Crippen LogP contribution in [0.15, 0.2) is 71.6 Å². The first-order valence-electron chi connectivity index (χ1n) is 13.1. The van der Waals surface area contributed by atoms with Crippen LogP contribution in [0, 0.1) is 13.8 Å². The van der Waals surface area contributed by atoms with E-state index in [1.54, 1.807) is 55.5 Å². The summed E-state index contributed by atoms with van der Waals surface area (Å²) in [5.74, 6) is -0.929. The maximum atomic E-state index is 14.0. The summed E-state index contributed by atoms with van der Waals surface area (Å²) < 4.78 is 28.9. The van der Waals surface area contributed by atoms with Gasteiger partial charge in [-0.2, -0.15) is 0 Å². The Balaban J connectivity index is 2.06. The van der Waals surface area contributed by atoms with Gasteiger partial charge in [-0.1, -0.05) is 66.9 Å². The Morgan fingerprint density at radius 3 is 2.10 bits per heavy atom. The van der Waals surface area contributed by atoms with Gasteiger partial charge in [-0.3, -0.25) is 13.9 Å². The zero-order chi connectivity index (χ0) is 29.4. The standard InChI is InChI=1S/C30H35Cl2N3O4S/c1-5-6-15-33-30(37)23(4)34(19-26-27(31)13-10-14-28(26)32)29(36)20-35(24-17-21(2)16-22(3)18-24)40(38,39)25-11-8-7-9-12-25/h7-14,16-18,23H,5-6,15,19-20H2,1-4H3,(H,33,37). The van der Waals surface area contributed by atoms with Crippen molar-refractivity contribution in [2.24, 2.45) is 0 Å². The molecule has 1 N–H and O–H groups in total. The number of carbonyl (C=O) groups is 2. The number of hydrogen-bond acceptors (Lipinski definition) is 4. The lowest BCUT2D eigenvalue weighted by molar-refractivity contribution is -0.139. The van der Waals surface area contributed by atoms with Crippen LogP contribution in [0.2, 0.25) is 10.0 Å². The average molecular weight is 605 g/mol. The highest BCUT2D eigenvalue weighted by atomic mass is 35.5. The molecule has 0 aromatic heterocycles. The second-order valence-electron chi connectivity index (χ2n) is 9.71. The Morgan fingerprint density at radius 2 is 1.52 bits per heavy atom. The second-order valence-corrected chi connectivity index (χ2v) is 12.4. The van der Waals surface area contributed by atoms with Crippen LogP contribution in [0.1, 0.15) is 43.4 Å². The molecule has 0 bridgehead atoms. The molecule has 40 heavy (non-hydrogen) atoms. The highest BCUT2D eigenvalue weighted by molar-refractivity contribution is 7.92. The van der Waals surface area contributed by atoms with E-state index in [9.17, 15) is 18.0 Å². The number of anilines is 1. The summed E-state index contributed by atoms with van der Waals surface area (Å²) in [7, 11) is -4.14. The Morgan fingerprint density at radius 1 is 0.925 bits per heavy atom. The summed E-state index contributed by atoms with van der Waals surface area (Å²) in [6, 6.07) is 17.4. The van der Waals surface area contributed by atoms with Crippen molar-refractivity contribution in [3.05, 3.63) is 93.5 Å². The van der Waals surface area contributed by atoms with Crippen molar-refractivity contribution in [1.29, 1.82) is 0 Å². The third-order valence-electron chi connectivity index (χ3n) is 6.49. The van der Waals surface area contributed by atoms with Gasteiger partial charge >= 0.3 is 0 Å². The molecule has 3 aromatic rings. The third-order valence-corrected chi connectivity index (χ3v) is 8.99. The van der Waals surface area contributed by atoms with Gasteiger partial charge in [0.25, 0.3) is 10.0 Å². The maximum absolute atomic E-state index is 14.0. The number of nitrogens with zero attached hydrogens (tertiary/aromatic N) is 2. The van der Waals surface area contributed by atoms with Crippen molar-refractivity contribution in [1.82, 2.24) is 10.2 Å². The smallest absolute Gasteiger partial charge is 0.264 e. The highest BCUT2D eigenvalue weighted by Gasteiger charge is 2.33. The van der Waals surface area contributed by atoms with Crippen LogP contribution in [0.4, 0.5) is 5.69 Å². The Kier molecular flexibility index (Phi) is 11.0. The quantitative estimate of drug-likeness (QED) is 0.252. The summed E-state index contributed by atoms with van der Waals surface area (Å²) in [6.07, 6.45) is 1.69. The number of carbonyl (C=O) groups excluding carboxylic acids is 2. The molecule has 3 rings (SSSR count). The molecule has 7 nitrogen and oxygen atoms in total. The summed E-state index contributed by atoms with van der Waals surface area (Å²) in [4.78, 5) is 28.5. The topological polar surface area (TPSA) is 86.8 Å². The van der Waals surface area contributed by atoms with E-state index in [-0.39, 0.29) is 17.3 Å². The first kappa shape index (κ1) is 31.5. The van der Waals surface area contributed by atoms with Gasteiger partial charge in [-0.05, 0) is 74.7 Å². The van der Waals surface area contributed by atoms with Gasteiger partial charge in [0.1, 0.15) is 12.6 Å². The summed E-state index contributed by atoms with van der Waals surface area (Å²) >= 11 is 12.8. The Labute approximate surface area is 247 Å². The van der Waals surface area contributed by atoms with Crippen LogP contribution in [-0.2, 0) is 26.2 Å². The van der Waals surface area contributed by atoms with E-state index in [0.717, 1.165) is 28.3 Å². The molecular weight excluding hydrogens is 569 g/mol. The summed E-state index contributed by atoms with van der Waals surface area (Å²) in [5.41, 5.74) is 2.51. The van der Waals surface area contributed by atoms with E-state index < -0.39 is 28.5 Å². The van der Waals surface area contributed by atoms with Crippen LogP contribution in [0.3, 0.4) is 0 Å².